The maximum absolute atomic E-state index is 13.0. The normalized spacial score (nSPS) is 19.3. The maximum atomic E-state index is 13.0. The SMILES string of the molecule is Oc1ccc(-c2ccc(F)cc2)cc1CN1CCCC(O)C1. The number of phenolic OH excluding ortho intramolecular Hbond substituents is 1. The first-order chi connectivity index (χ1) is 10.6. The molecular formula is C18H20FNO2. The Bertz CT molecular complexity index is 642. The predicted octanol–water partition coefficient (Wildman–Crippen LogP) is 3.16. The highest BCUT2D eigenvalue weighted by atomic mass is 19.1. The average Bonchev–Trinajstić information content (AvgIpc) is 2.50. The van der Waals surface area contributed by atoms with E-state index in [1.807, 2.05) is 12.1 Å². The van der Waals surface area contributed by atoms with Crippen LogP contribution >= 0.6 is 0 Å². The van der Waals surface area contributed by atoms with Crippen LogP contribution in [0.2, 0.25) is 0 Å². The van der Waals surface area contributed by atoms with Gasteiger partial charge in [0.1, 0.15) is 11.6 Å². The Kier molecular flexibility index (Phi) is 4.41. The Morgan fingerprint density at radius 1 is 1.09 bits per heavy atom. The number of nitrogens with zero attached hydrogens (tertiary/aromatic N) is 1. The van der Waals surface area contributed by atoms with Gasteiger partial charge in [0.2, 0.25) is 0 Å². The van der Waals surface area contributed by atoms with Crippen LogP contribution in [0.25, 0.3) is 11.1 Å². The molecule has 0 spiro atoms. The number of aliphatic hydroxyl groups excluding tert-OH is 1. The van der Waals surface area contributed by atoms with Crippen molar-refractivity contribution < 1.29 is 14.6 Å². The second kappa shape index (κ2) is 6.46. The zero-order chi connectivity index (χ0) is 15.5. The lowest BCUT2D eigenvalue weighted by atomic mass is 10.0. The lowest BCUT2D eigenvalue weighted by Gasteiger charge is -2.30. The van der Waals surface area contributed by atoms with Crippen LogP contribution in [-0.4, -0.2) is 34.3 Å². The van der Waals surface area contributed by atoms with Gasteiger partial charge < -0.3 is 10.2 Å². The van der Waals surface area contributed by atoms with Gasteiger partial charge in [-0.2, -0.15) is 0 Å². The molecule has 116 valence electrons. The molecule has 1 fully saturated rings. The van der Waals surface area contributed by atoms with Crippen molar-refractivity contribution in [2.75, 3.05) is 13.1 Å². The number of halogens is 1. The van der Waals surface area contributed by atoms with Crippen LogP contribution in [0.5, 0.6) is 5.75 Å². The van der Waals surface area contributed by atoms with E-state index in [1.165, 1.54) is 12.1 Å². The molecule has 1 unspecified atom stereocenters. The maximum Gasteiger partial charge on any atom is 0.123 e. The fourth-order valence-electron chi connectivity index (χ4n) is 2.95. The number of likely N-dealkylation sites (tertiary alicyclic amines) is 1. The molecule has 1 saturated heterocycles. The van der Waals surface area contributed by atoms with Gasteiger partial charge in [0.15, 0.2) is 0 Å². The highest BCUT2D eigenvalue weighted by molar-refractivity contribution is 5.65. The van der Waals surface area contributed by atoms with Gasteiger partial charge in [0, 0.05) is 18.7 Å². The van der Waals surface area contributed by atoms with Crippen molar-refractivity contribution in [2.45, 2.75) is 25.5 Å². The highest BCUT2D eigenvalue weighted by Gasteiger charge is 2.18. The van der Waals surface area contributed by atoms with E-state index in [1.54, 1.807) is 18.2 Å². The van der Waals surface area contributed by atoms with Crippen LogP contribution in [0.4, 0.5) is 4.39 Å². The first-order valence-corrected chi connectivity index (χ1v) is 7.60. The molecule has 3 rings (SSSR count). The van der Waals surface area contributed by atoms with E-state index in [2.05, 4.69) is 4.90 Å². The van der Waals surface area contributed by atoms with E-state index >= 15 is 0 Å². The zero-order valence-electron chi connectivity index (χ0n) is 12.4. The van der Waals surface area contributed by atoms with E-state index in [4.69, 9.17) is 0 Å². The van der Waals surface area contributed by atoms with Crippen molar-refractivity contribution in [2.24, 2.45) is 0 Å². The van der Waals surface area contributed by atoms with Crippen LogP contribution in [0.3, 0.4) is 0 Å². The van der Waals surface area contributed by atoms with Crippen LogP contribution in [0.15, 0.2) is 42.5 Å². The van der Waals surface area contributed by atoms with E-state index in [9.17, 15) is 14.6 Å². The molecule has 2 aromatic carbocycles. The van der Waals surface area contributed by atoms with Crippen LogP contribution in [0, 0.1) is 5.82 Å². The molecule has 2 aromatic rings. The third kappa shape index (κ3) is 3.46. The quantitative estimate of drug-likeness (QED) is 0.915. The van der Waals surface area contributed by atoms with Gasteiger partial charge in [0.25, 0.3) is 0 Å². The summed E-state index contributed by atoms with van der Waals surface area (Å²) in [7, 11) is 0. The largest absolute Gasteiger partial charge is 0.508 e. The number of piperidine rings is 1. The Balaban J connectivity index is 1.82. The van der Waals surface area contributed by atoms with Crippen molar-refractivity contribution in [1.29, 1.82) is 0 Å². The third-order valence-electron chi connectivity index (χ3n) is 4.13. The summed E-state index contributed by atoms with van der Waals surface area (Å²) in [6.45, 7) is 2.18. The summed E-state index contributed by atoms with van der Waals surface area (Å²) in [5, 5.41) is 19.8. The van der Waals surface area contributed by atoms with E-state index < -0.39 is 0 Å². The summed E-state index contributed by atoms with van der Waals surface area (Å²) in [4.78, 5) is 2.15. The molecule has 0 amide bonds. The standard InChI is InChI=1S/C18H20FNO2/c19-16-6-3-13(4-7-16)14-5-8-18(22)15(10-14)11-20-9-1-2-17(21)12-20/h3-8,10,17,21-22H,1-2,9,11-12H2. The van der Waals surface area contributed by atoms with Crippen LogP contribution < -0.4 is 0 Å². The summed E-state index contributed by atoms with van der Waals surface area (Å²) in [5.41, 5.74) is 2.70. The number of β-amino-alcohol motifs (C(OH)–C–C–N with tert-alkyl or cyclic N) is 1. The zero-order valence-corrected chi connectivity index (χ0v) is 12.4. The van der Waals surface area contributed by atoms with E-state index in [-0.39, 0.29) is 17.7 Å². The summed E-state index contributed by atoms with van der Waals surface area (Å²) in [5.74, 6) is -0.00372. The lowest BCUT2D eigenvalue weighted by molar-refractivity contribution is 0.0664. The third-order valence-corrected chi connectivity index (χ3v) is 4.13. The number of hydrogen-bond acceptors (Lipinski definition) is 3. The molecule has 0 aliphatic carbocycles. The molecule has 1 heterocycles. The molecule has 0 aromatic heterocycles. The van der Waals surface area contributed by atoms with Crippen LogP contribution in [-0.2, 0) is 6.54 Å². The molecule has 1 atom stereocenters. The number of benzene rings is 2. The van der Waals surface area contributed by atoms with Gasteiger partial charge in [-0.05, 0) is 54.8 Å². The fraction of sp³-hybridized carbons (Fsp3) is 0.333. The van der Waals surface area contributed by atoms with Crippen molar-refractivity contribution in [3.63, 3.8) is 0 Å². The number of aromatic hydroxyl groups is 1. The van der Waals surface area contributed by atoms with Crippen molar-refractivity contribution in [3.8, 4) is 16.9 Å². The number of aliphatic hydroxyl groups is 1. The Morgan fingerprint density at radius 3 is 2.55 bits per heavy atom. The molecule has 3 nitrogen and oxygen atoms in total. The topological polar surface area (TPSA) is 43.7 Å². The minimum atomic E-state index is -0.281. The summed E-state index contributed by atoms with van der Waals surface area (Å²) < 4.78 is 13.0. The average molecular weight is 301 g/mol. The van der Waals surface area contributed by atoms with E-state index in [0.29, 0.717) is 13.1 Å². The second-order valence-electron chi connectivity index (χ2n) is 5.88. The molecule has 1 aliphatic rings. The van der Waals surface area contributed by atoms with Gasteiger partial charge in [-0.15, -0.1) is 0 Å². The fourth-order valence-corrected chi connectivity index (χ4v) is 2.95. The summed E-state index contributed by atoms with van der Waals surface area (Å²) in [6, 6.07) is 11.8. The molecular weight excluding hydrogens is 281 g/mol. The second-order valence-corrected chi connectivity index (χ2v) is 5.88. The molecule has 22 heavy (non-hydrogen) atoms. The molecule has 1 aliphatic heterocycles. The Labute approximate surface area is 129 Å². The van der Waals surface area contributed by atoms with Gasteiger partial charge in [0.05, 0.1) is 6.10 Å². The van der Waals surface area contributed by atoms with Gasteiger partial charge in [-0.1, -0.05) is 18.2 Å². The monoisotopic (exact) mass is 301 g/mol. The lowest BCUT2D eigenvalue weighted by Crippen LogP contribution is -2.37. The Morgan fingerprint density at radius 2 is 1.82 bits per heavy atom. The van der Waals surface area contributed by atoms with Crippen LogP contribution in [0.1, 0.15) is 18.4 Å². The predicted molar refractivity (Wildman–Crippen MR) is 84.0 cm³/mol. The molecule has 4 heteroatoms. The minimum Gasteiger partial charge on any atom is -0.508 e. The molecule has 0 bridgehead atoms. The van der Waals surface area contributed by atoms with Crippen molar-refractivity contribution in [3.05, 3.63) is 53.8 Å². The van der Waals surface area contributed by atoms with Crippen molar-refractivity contribution >= 4 is 0 Å². The van der Waals surface area contributed by atoms with Gasteiger partial charge >= 0.3 is 0 Å². The summed E-state index contributed by atoms with van der Waals surface area (Å²) in [6.07, 6.45) is 1.54. The minimum absolute atomic E-state index is 0.255. The smallest absolute Gasteiger partial charge is 0.123 e. The highest BCUT2D eigenvalue weighted by Crippen LogP contribution is 2.28. The first kappa shape index (κ1) is 15.0. The number of rotatable bonds is 3. The summed E-state index contributed by atoms with van der Waals surface area (Å²) >= 11 is 0. The van der Waals surface area contributed by atoms with Crippen molar-refractivity contribution in [1.82, 2.24) is 4.90 Å². The molecule has 0 saturated carbocycles. The Hall–Kier alpha value is -1.91. The van der Waals surface area contributed by atoms with Gasteiger partial charge in [-0.3, -0.25) is 4.90 Å². The first-order valence-electron chi connectivity index (χ1n) is 7.60. The van der Waals surface area contributed by atoms with E-state index in [0.717, 1.165) is 36.1 Å². The molecule has 0 radical (unpaired) electrons. The number of phenols is 1. The van der Waals surface area contributed by atoms with Gasteiger partial charge in [-0.25, -0.2) is 4.39 Å². The number of hydrogen-bond donors (Lipinski definition) is 2. The molecule has 2 N–H and O–H groups in total.